The molecule has 0 aromatic heterocycles. The number of carboxylic acids is 1. The topological polar surface area (TPSA) is 116 Å². The van der Waals surface area contributed by atoms with Crippen LogP contribution in [-0.4, -0.2) is 64.9 Å². The van der Waals surface area contributed by atoms with Gasteiger partial charge in [-0.3, -0.25) is 9.59 Å². The number of alkyl carbamates (subject to hydrolysis) is 1. The summed E-state index contributed by atoms with van der Waals surface area (Å²) >= 11 is 0. The molecule has 34 heavy (non-hydrogen) atoms. The van der Waals surface area contributed by atoms with Gasteiger partial charge < -0.3 is 25.2 Å². The van der Waals surface area contributed by atoms with Gasteiger partial charge in [-0.1, -0.05) is 48.5 Å². The first-order valence-corrected chi connectivity index (χ1v) is 11.6. The van der Waals surface area contributed by atoms with Gasteiger partial charge in [-0.05, 0) is 48.9 Å². The van der Waals surface area contributed by atoms with Crippen LogP contribution in [0, 0.1) is 0 Å². The molecule has 8 heteroatoms. The second-order valence-electron chi connectivity index (χ2n) is 8.66. The lowest BCUT2D eigenvalue weighted by molar-refractivity contribution is -0.138. The lowest BCUT2D eigenvalue weighted by atomic mass is 9.98. The van der Waals surface area contributed by atoms with E-state index in [-0.39, 0.29) is 38.0 Å². The molecule has 1 aliphatic rings. The zero-order valence-corrected chi connectivity index (χ0v) is 19.6. The van der Waals surface area contributed by atoms with Crippen LogP contribution >= 0.6 is 0 Å². The average molecular weight is 469 g/mol. The maximum Gasteiger partial charge on any atom is 0.407 e. The molecule has 0 bridgehead atoms. The summed E-state index contributed by atoms with van der Waals surface area (Å²) in [4.78, 5) is 38.5. The number of benzene rings is 2. The van der Waals surface area contributed by atoms with Gasteiger partial charge >= 0.3 is 12.1 Å². The molecule has 0 saturated heterocycles. The third-order valence-corrected chi connectivity index (χ3v) is 6.04. The third kappa shape index (κ3) is 5.94. The van der Waals surface area contributed by atoms with Crippen molar-refractivity contribution in [3.63, 3.8) is 0 Å². The minimum atomic E-state index is -1.06. The molecule has 8 nitrogen and oxygen atoms in total. The van der Waals surface area contributed by atoms with E-state index < -0.39 is 24.0 Å². The number of aliphatic hydroxyl groups excluding tert-OH is 1. The summed E-state index contributed by atoms with van der Waals surface area (Å²) in [6.07, 6.45) is -0.704. The van der Waals surface area contributed by atoms with Crippen LogP contribution in [0.3, 0.4) is 0 Å². The monoisotopic (exact) mass is 468 g/mol. The first-order chi connectivity index (χ1) is 16.3. The van der Waals surface area contributed by atoms with E-state index in [1.54, 1.807) is 0 Å². The van der Waals surface area contributed by atoms with Crippen molar-refractivity contribution in [1.82, 2.24) is 10.2 Å². The number of aliphatic carboxylic acids is 1. The van der Waals surface area contributed by atoms with Gasteiger partial charge in [0.25, 0.3) is 0 Å². The molecule has 2 aromatic rings. The largest absolute Gasteiger partial charge is 0.481 e. The molecule has 182 valence electrons. The number of nitrogens with zero attached hydrogens (tertiary/aromatic N) is 1. The molecule has 0 radical (unpaired) electrons. The number of nitrogens with one attached hydrogen (secondary N) is 1. The number of fused-ring (bicyclic) bond motifs is 3. The Bertz CT molecular complexity index is 976. The first kappa shape index (κ1) is 25.2. The van der Waals surface area contributed by atoms with Gasteiger partial charge in [0, 0.05) is 31.5 Å². The Morgan fingerprint density at radius 3 is 2.15 bits per heavy atom. The number of hydrogen-bond acceptors (Lipinski definition) is 5. The predicted octanol–water partition coefficient (Wildman–Crippen LogP) is 3.38. The second kappa shape index (κ2) is 11.7. The highest BCUT2D eigenvalue weighted by Gasteiger charge is 2.31. The quantitative estimate of drug-likeness (QED) is 0.466. The number of amides is 2. The lowest BCUT2D eigenvalue weighted by Gasteiger charge is -2.30. The number of rotatable bonds is 11. The van der Waals surface area contributed by atoms with Crippen molar-refractivity contribution in [3.8, 4) is 11.1 Å². The van der Waals surface area contributed by atoms with Gasteiger partial charge in [0.2, 0.25) is 5.91 Å². The third-order valence-electron chi connectivity index (χ3n) is 6.04. The van der Waals surface area contributed by atoms with E-state index in [0.717, 1.165) is 22.3 Å². The molecule has 0 spiro atoms. The van der Waals surface area contributed by atoms with E-state index in [0.29, 0.717) is 13.0 Å². The number of aliphatic hydroxyl groups is 1. The second-order valence-corrected chi connectivity index (χ2v) is 8.66. The van der Waals surface area contributed by atoms with E-state index in [2.05, 4.69) is 5.32 Å². The zero-order chi connectivity index (χ0) is 24.7. The summed E-state index contributed by atoms with van der Waals surface area (Å²) in [6.45, 7) is 3.99. The van der Waals surface area contributed by atoms with Crippen LogP contribution in [0.5, 0.6) is 0 Å². The van der Waals surface area contributed by atoms with Crippen LogP contribution in [0.1, 0.15) is 50.2 Å². The van der Waals surface area contributed by atoms with E-state index >= 15 is 0 Å². The van der Waals surface area contributed by atoms with Crippen molar-refractivity contribution < 1.29 is 29.3 Å². The fourth-order valence-corrected chi connectivity index (χ4v) is 4.37. The maximum atomic E-state index is 13.1. The molecule has 3 N–H and O–H groups in total. The Hall–Kier alpha value is -3.39. The lowest BCUT2D eigenvalue weighted by Crippen LogP contribution is -2.51. The average Bonchev–Trinajstić information content (AvgIpc) is 3.14. The molecule has 2 amide bonds. The Balaban J connectivity index is 1.70. The van der Waals surface area contributed by atoms with Crippen molar-refractivity contribution in [3.05, 3.63) is 59.7 Å². The summed E-state index contributed by atoms with van der Waals surface area (Å²) in [6, 6.07) is 14.8. The highest BCUT2D eigenvalue weighted by atomic mass is 16.5. The summed E-state index contributed by atoms with van der Waals surface area (Å²) in [5.74, 6) is -1.57. The molecule has 3 rings (SSSR count). The van der Waals surface area contributed by atoms with Gasteiger partial charge in [-0.25, -0.2) is 4.79 Å². The molecule has 2 aromatic carbocycles. The number of ether oxygens (including phenoxy) is 1. The standard InChI is InChI=1S/C26H32N2O6/c1-17(2)28(14-7-15-29)25(32)23(12-13-24(30)31)27-26(33)34-16-22-20-10-5-3-8-18(20)19-9-4-6-11-21(19)22/h3-6,8-11,17,22-23,29H,7,12-16H2,1-2H3,(H,27,33)(H,30,31). The maximum absolute atomic E-state index is 13.1. The Kier molecular flexibility index (Phi) is 8.65. The number of carboxylic acid groups (broad SMARTS) is 1. The molecule has 0 fully saturated rings. The van der Waals surface area contributed by atoms with Crippen LogP contribution in [0.2, 0.25) is 0 Å². The SMILES string of the molecule is CC(C)N(CCCO)C(=O)C(CCC(=O)O)NC(=O)OCC1c2ccccc2-c2ccccc21. The Morgan fingerprint density at radius 2 is 1.62 bits per heavy atom. The van der Waals surface area contributed by atoms with Crippen LogP contribution in [0.4, 0.5) is 4.79 Å². The van der Waals surface area contributed by atoms with Crippen molar-refractivity contribution >= 4 is 18.0 Å². The number of hydrogen-bond donors (Lipinski definition) is 3. The minimum absolute atomic E-state index is 0.0549. The van der Waals surface area contributed by atoms with Crippen LogP contribution in [-0.2, 0) is 14.3 Å². The number of carbonyl (C=O) groups excluding carboxylic acids is 2. The van der Waals surface area contributed by atoms with Crippen molar-refractivity contribution in [1.29, 1.82) is 0 Å². The highest BCUT2D eigenvalue weighted by molar-refractivity contribution is 5.86. The van der Waals surface area contributed by atoms with Gasteiger partial charge in [0.15, 0.2) is 0 Å². The van der Waals surface area contributed by atoms with E-state index in [9.17, 15) is 14.4 Å². The Labute approximate surface area is 199 Å². The molecule has 1 aliphatic carbocycles. The first-order valence-electron chi connectivity index (χ1n) is 11.6. The highest BCUT2D eigenvalue weighted by Crippen LogP contribution is 2.44. The fraction of sp³-hybridized carbons (Fsp3) is 0.423. The predicted molar refractivity (Wildman–Crippen MR) is 127 cm³/mol. The van der Waals surface area contributed by atoms with E-state index in [4.69, 9.17) is 14.9 Å². The smallest absolute Gasteiger partial charge is 0.407 e. The summed E-state index contributed by atoms with van der Waals surface area (Å²) in [5, 5.41) is 20.8. The molecular formula is C26H32N2O6. The normalized spacial score (nSPS) is 13.2. The van der Waals surface area contributed by atoms with Crippen LogP contribution in [0.15, 0.2) is 48.5 Å². The van der Waals surface area contributed by atoms with Crippen molar-refractivity contribution in [2.45, 2.75) is 51.1 Å². The minimum Gasteiger partial charge on any atom is -0.481 e. The molecule has 0 aliphatic heterocycles. The van der Waals surface area contributed by atoms with Crippen LogP contribution in [0.25, 0.3) is 11.1 Å². The van der Waals surface area contributed by atoms with Gasteiger partial charge in [0.05, 0.1) is 0 Å². The Morgan fingerprint density at radius 1 is 1.03 bits per heavy atom. The molecule has 1 unspecified atom stereocenters. The molecular weight excluding hydrogens is 436 g/mol. The van der Waals surface area contributed by atoms with Gasteiger partial charge in [-0.15, -0.1) is 0 Å². The van der Waals surface area contributed by atoms with Gasteiger partial charge in [0.1, 0.15) is 12.6 Å². The summed E-state index contributed by atoms with van der Waals surface area (Å²) in [5.41, 5.74) is 4.37. The van der Waals surface area contributed by atoms with E-state index in [1.165, 1.54) is 4.90 Å². The zero-order valence-electron chi connectivity index (χ0n) is 19.6. The van der Waals surface area contributed by atoms with Crippen molar-refractivity contribution in [2.24, 2.45) is 0 Å². The molecule has 1 atom stereocenters. The van der Waals surface area contributed by atoms with E-state index in [1.807, 2.05) is 62.4 Å². The van der Waals surface area contributed by atoms with Gasteiger partial charge in [-0.2, -0.15) is 0 Å². The summed E-state index contributed by atoms with van der Waals surface area (Å²) in [7, 11) is 0. The molecule has 0 heterocycles. The van der Waals surface area contributed by atoms with Crippen LogP contribution < -0.4 is 5.32 Å². The fourth-order valence-electron chi connectivity index (χ4n) is 4.37. The van der Waals surface area contributed by atoms with Crippen molar-refractivity contribution in [2.75, 3.05) is 19.8 Å². The molecule has 0 saturated carbocycles. The summed E-state index contributed by atoms with van der Waals surface area (Å²) < 4.78 is 5.54. The number of carbonyl (C=O) groups is 3.